The molecule has 0 unspecified atom stereocenters. The zero-order chi connectivity index (χ0) is 18.2. The fourth-order valence-corrected chi connectivity index (χ4v) is 2.38. The summed E-state index contributed by atoms with van der Waals surface area (Å²) in [5.41, 5.74) is 8.05. The third-order valence-corrected chi connectivity index (χ3v) is 3.38. The number of azide groups is 1. The van der Waals surface area contributed by atoms with Crippen LogP contribution in [0.5, 0.6) is 0 Å². The SMILES string of the molecule is COC[C@H](NC(=O)OC(C)(C)C)c1nc(/C=C/C(=O)N=[N+]=[N-])cs1. The summed E-state index contributed by atoms with van der Waals surface area (Å²) in [6.45, 7) is 5.52. The Morgan fingerprint density at radius 2 is 2.25 bits per heavy atom. The number of nitrogens with zero attached hydrogens (tertiary/aromatic N) is 4. The molecule has 1 rings (SSSR count). The number of nitrogens with one attached hydrogen (secondary N) is 1. The van der Waals surface area contributed by atoms with E-state index in [0.29, 0.717) is 10.7 Å². The van der Waals surface area contributed by atoms with Crippen molar-refractivity contribution in [1.82, 2.24) is 10.3 Å². The van der Waals surface area contributed by atoms with Crippen LogP contribution in [0.1, 0.15) is 37.5 Å². The van der Waals surface area contributed by atoms with Crippen LogP contribution in [-0.4, -0.2) is 36.3 Å². The second kappa shape index (κ2) is 9.02. The van der Waals surface area contributed by atoms with E-state index in [4.69, 9.17) is 15.0 Å². The van der Waals surface area contributed by atoms with Gasteiger partial charge in [-0.15, -0.1) is 11.3 Å². The van der Waals surface area contributed by atoms with Crippen LogP contribution in [0.3, 0.4) is 0 Å². The van der Waals surface area contributed by atoms with Crippen LogP contribution in [0.4, 0.5) is 4.79 Å². The van der Waals surface area contributed by atoms with E-state index in [-0.39, 0.29) is 6.61 Å². The van der Waals surface area contributed by atoms with Gasteiger partial charge in [-0.2, -0.15) is 0 Å². The standard InChI is InChI=1S/C14H19N5O4S/c1-14(2,3)23-13(21)17-10(7-22-4)12-16-9(8-24-12)5-6-11(20)18-19-15/h5-6,8,10H,7H2,1-4H3,(H,17,21)/b6-5+/t10-/m0/s1. The number of carbonyl (C=O) groups is 2. The highest BCUT2D eigenvalue weighted by Crippen LogP contribution is 2.20. The first-order chi connectivity index (χ1) is 11.2. The van der Waals surface area contributed by atoms with Gasteiger partial charge in [-0.05, 0) is 43.6 Å². The number of aromatic nitrogens is 1. The van der Waals surface area contributed by atoms with Crippen molar-refractivity contribution in [2.24, 2.45) is 5.11 Å². The number of alkyl carbamates (subject to hydrolysis) is 1. The summed E-state index contributed by atoms with van der Waals surface area (Å²) in [5.74, 6) is -0.715. The molecule has 10 heteroatoms. The number of amides is 2. The molecule has 0 spiro atoms. The number of hydrogen-bond acceptors (Lipinski definition) is 6. The van der Waals surface area contributed by atoms with Crippen molar-refractivity contribution in [1.29, 1.82) is 0 Å². The van der Waals surface area contributed by atoms with Gasteiger partial charge in [0.2, 0.25) is 5.91 Å². The van der Waals surface area contributed by atoms with Crippen LogP contribution in [0.2, 0.25) is 0 Å². The lowest BCUT2D eigenvalue weighted by Crippen LogP contribution is -2.36. The molecule has 1 N–H and O–H groups in total. The molecule has 1 atom stereocenters. The first kappa shape index (κ1) is 19.6. The van der Waals surface area contributed by atoms with Crippen molar-refractivity contribution in [3.05, 3.63) is 32.6 Å². The van der Waals surface area contributed by atoms with Crippen molar-refractivity contribution >= 4 is 29.4 Å². The monoisotopic (exact) mass is 353 g/mol. The molecule has 0 aromatic carbocycles. The van der Waals surface area contributed by atoms with Crippen molar-refractivity contribution in [3.8, 4) is 0 Å². The third kappa shape index (κ3) is 7.23. The van der Waals surface area contributed by atoms with Gasteiger partial charge in [0.15, 0.2) is 0 Å². The number of thiazole rings is 1. The molecule has 1 aromatic heterocycles. The third-order valence-electron chi connectivity index (χ3n) is 2.40. The molecule has 0 fully saturated rings. The van der Waals surface area contributed by atoms with Crippen molar-refractivity contribution in [3.63, 3.8) is 0 Å². The zero-order valence-corrected chi connectivity index (χ0v) is 14.7. The molecule has 1 heterocycles. The number of hydrogen-bond donors (Lipinski definition) is 1. The highest BCUT2D eigenvalue weighted by atomic mass is 32.1. The van der Waals surface area contributed by atoms with Gasteiger partial charge in [0.05, 0.1) is 12.3 Å². The highest BCUT2D eigenvalue weighted by Gasteiger charge is 2.22. The number of rotatable bonds is 6. The Hall–Kier alpha value is -2.42. The van der Waals surface area contributed by atoms with Crippen LogP contribution < -0.4 is 5.32 Å². The Labute approximate surface area is 143 Å². The maximum atomic E-state index is 11.9. The van der Waals surface area contributed by atoms with Gasteiger partial charge >= 0.3 is 6.09 Å². The quantitative estimate of drug-likeness (QED) is 0.363. The number of carbonyl (C=O) groups excluding carboxylic acids is 2. The molecule has 130 valence electrons. The summed E-state index contributed by atoms with van der Waals surface area (Å²) in [6.07, 6.45) is 1.97. The zero-order valence-electron chi connectivity index (χ0n) is 13.8. The van der Waals surface area contributed by atoms with Crippen LogP contribution in [0.25, 0.3) is 16.5 Å². The van der Waals surface area contributed by atoms with Crippen molar-refractivity contribution in [2.45, 2.75) is 32.4 Å². The lowest BCUT2D eigenvalue weighted by Gasteiger charge is -2.22. The summed E-state index contributed by atoms with van der Waals surface area (Å²) in [7, 11) is 1.51. The van der Waals surface area contributed by atoms with Gasteiger partial charge in [0, 0.05) is 17.4 Å². The maximum Gasteiger partial charge on any atom is 0.408 e. The molecular formula is C14H19N5O4S. The van der Waals surface area contributed by atoms with E-state index in [1.54, 1.807) is 26.2 Å². The molecule has 0 aliphatic rings. The predicted molar refractivity (Wildman–Crippen MR) is 89.3 cm³/mol. The Balaban J connectivity index is 2.81. The first-order valence-electron chi connectivity index (χ1n) is 6.96. The average molecular weight is 353 g/mol. The normalized spacial score (nSPS) is 12.5. The van der Waals surface area contributed by atoms with Gasteiger partial charge in [0.1, 0.15) is 16.7 Å². The molecule has 0 bridgehead atoms. The van der Waals surface area contributed by atoms with E-state index in [2.05, 4.69) is 20.3 Å². The predicted octanol–water partition coefficient (Wildman–Crippen LogP) is 3.21. The minimum Gasteiger partial charge on any atom is -0.444 e. The molecule has 0 saturated carbocycles. The smallest absolute Gasteiger partial charge is 0.408 e. The molecule has 1 aromatic rings. The average Bonchev–Trinajstić information content (AvgIpc) is 2.92. The van der Waals surface area contributed by atoms with Crippen LogP contribution in [0.15, 0.2) is 16.6 Å². The minimum atomic E-state index is -0.715. The maximum absolute atomic E-state index is 11.9. The largest absolute Gasteiger partial charge is 0.444 e. The van der Waals surface area contributed by atoms with Crippen LogP contribution >= 0.6 is 11.3 Å². The van der Waals surface area contributed by atoms with Gasteiger partial charge < -0.3 is 14.8 Å². The van der Waals surface area contributed by atoms with Gasteiger partial charge in [-0.1, -0.05) is 0 Å². The Kier molecular flexibility index (Phi) is 7.37. The molecule has 24 heavy (non-hydrogen) atoms. The molecule has 2 amide bonds. The lowest BCUT2D eigenvalue weighted by atomic mass is 10.2. The summed E-state index contributed by atoms with van der Waals surface area (Å²) in [6, 6.07) is -0.482. The fraction of sp³-hybridized carbons (Fsp3) is 0.500. The lowest BCUT2D eigenvalue weighted by molar-refractivity contribution is -0.113. The van der Waals surface area contributed by atoms with E-state index in [1.165, 1.54) is 24.5 Å². The summed E-state index contributed by atoms with van der Waals surface area (Å²) in [4.78, 5) is 29.7. The number of ether oxygens (including phenoxy) is 2. The van der Waals surface area contributed by atoms with Gasteiger partial charge in [0.25, 0.3) is 0 Å². The second-order valence-corrected chi connectivity index (χ2v) is 6.52. The van der Waals surface area contributed by atoms with E-state index >= 15 is 0 Å². The molecule has 0 saturated heterocycles. The van der Waals surface area contributed by atoms with Gasteiger partial charge in [-0.25, -0.2) is 9.78 Å². The van der Waals surface area contributed by atoms with Crippen molar-refractivity contribution < 1.29 is 19.1 Å². The Morgan fingerprint density at radius 1 is 1.54 bits per heavy atom. The fourth-order valence-electron chi connectivity index (χ4n) is 1.56. The molecule has 9 nitrogen and oxygen atoms in total. The van der Waals surface area contributed by atoms with Crippen LogP contribution in [-0.2, 0) is 14.3 Å². The van der Waals surface area contributed by atoms with Crippen LogP contribution in [0, 0.1) is 0 Å². The van der Waals surface area contributed by atoms with E-state index < -0.39 is 23.6 Å². The Bertz CT molecular complexity index is 658. The molecule has 0 aliphatic carbocycles. The first-order valence-corrected chi connectivity index (χ1v) is 7.84. The molecule has 0 radical (unpaired) electrons. The summed E-state index contributed by atoms with van der Waals surface area (Å²) >= 11 is 1.30. The Morgan fingerprint density at radius 3 is 2.83 bits per heavy atom. The molecular weight excluding hydrogens is 334 g/mol. The minimum absolute atomic E-state index is 0.216. The van der Waals surface area contributed by atoms with Gasteiger partial charge in [-0.3, -0.25) is 4.79 Å². The second-order valence-electron chi connectivity index (χ2n) is 5.63. The highest BCUT2D eigenvalue weighted by molar-refractivity contribution is 7.09. The van der Waals surface area contributed by atoms with E-state index in [0.717, 1.165) is 6.08 Å². The summed E-state index contributed by atoms with van der Waals surface area (Å²) in [5, 5.41) is 7.91. The van der Waals surface area contributed by atoms with E-state index in [1.807, 2.05) is 0 Å². The van der Waals surface area contributed by atoms with E-state index in [9.17, 15) is 9.59 Å². The number of methoxy groups -OCH3 is 1. The topological polar surface area (TPSA) is 126 Å². The molecule has 0 aliphatic heterocycles. The summed E-state index contributed by atoms with van der Waals surface area (Å²) < 4.78 is 10.3. The van der Waals surface area contributed by atoms with Crippen molar-refractivity contribution in [2.75, 3.05) is 13.7 Å².